The molecular weight excluding hydrogens is 272 g/mol. The molecule has 5 heteroatoms. The van der Waals surface area contributed by atoms with Crippen LogP contribution in [0.25, 0.3) is 0 Å². The number of anilines is 1. The first-order chi connectivity index (χ1) is 10.0. The van der Waals surface area contributed by atoms with Crippen molar-refractivity contribution in [1.29, 1.82) is 0 Å². The quantitative estimate of drug-likeness (QED) is 0.657. The van der Waals surface area contributed by atoms with E-state index >= 15 is 0 Å². The van der Waals surface area contributed by atoms with Crippen LogP contribution in [-0.4, -0.2) is 14.1 Å². The molecule has 112 valence electrons. The third-order valence-electron chi connectivity index (χ3n) is 3.48. The lowest BCUT2D eigenvalue weighted by molar-refractivity contribution is 0.500. The maximum absolute atomic E-state index is 13.7. The molecule has 0 heterocycles. The maximum Gasteiger partial charge on any atom is 0.129 e. The van der Waals surface area contributed by atoms with Gasteiger partial charge >= 0.3 is 0 Å². The van der Waals surface area contributed by atoms with Crippen LogP contribution < -0.4 is 16.2 Å². The highest BCUT2D eigenvalue weighted by Crippen LogP contribution is 2.23. The molecule has 2 rings (SSSR count). The third-order valence-corrected chi connectivity index (χ3v) is 3.48. The highest BCUT2D eigenvalue weighted by Gasteiger charge is 2.16. The molecule has 0 amide bonds. The second-order valence-electron chi connectivity index (χ2n) is 5.11. The normalized spacial score (nSPS) is 12.2. The van der Waals surface area contributed by atoms with E-state index in [2.05, 4.69) is 5.43 Å². The molecule has 0 fully saturated rings. The minimum Gasteiger partial charge on any atom is -0.378 e. The van der Waals surface area contributed by atoms with Crippen LogP contribution in [0, 0.1) is 11.6 Å². The van der Waals surface area contributed by atoms with Crippen LogP contribution >= 0.6 is 0 Å². The molecule has 0 bridgehead atoms. The second kappa shape index (κ2) is 6.65. The number of nitrogens with one attached hydrogen (secondary N) is 1. The van der Waals surface area contributed by atoms with E-state index in [4.69, 9.17) is 5.84 Å². The van der Waals surface area contributed by atoms with E-state index in [-0.39, 0.29) is 18.0 Å². The summed E-state index contributed by atoms with van der Waals surface area (Å²) in [7, 11) is 3.89. The van der Waals surface area contributed by atoms with Gasteiger partial charge in [-0.05, 0) is 36.2 Å². The lowest BCUT2D eigenvalue weighted by atomic mass is 9.98. The van der Waals surface area contributed by atoms with Crippen molar-refractivity contribution in [1.82, 2.24) is 5.43 Å². The van der Waals surface area contributed by atoms with Crippen molar-refractivity contribution < 1.29 is 8.78 Å². The van der Waals surface area contributed by atoms with Crippen molar-refractivity contribution in [2.45, 2.75) is 12.5 Å². The summed E-state index contributed by atoms with van der Waals surface area (Å²) in [5, 5.41) is 0. The second-order valence-corrected chi connectivity index (χ2v) is 5.11. The highest BCUT2D eigenvalue weighted by molar-refractivity contribution is 5.46. The summed E-state index contributed by atoms with van der Waals surface area (Å²) in [6, 6.07) is 11.2. The fraction of sp³-hybridized carbons (Fsp3) is 0.250. The van der Waals surface area contributed by atoms with Gasteiger partial charge in [0.15, 0.2) is 0 Å². The molecule has 0 aromatic heterocycles. The maximum atomic E-state index is 13.7. The van der Waals surface area contributed by atoms with Gasteiger partial charge in [-0.3, -0.25) is 11.3 Å². The van der Waals surface area contributed by atoms with Gasteiger partial charge in [-0.2, -0.15) is 0 Å². The Morgan fingerprint density at radius 2 is 1.62 bits per heavy atom. The molecule has 2 aromatic rings. The lowest BCUT2D eigenvalue weighted by Crippen LogP contribution is -2.30. The number of hydrazine groups is 1. The molecule has 21 heavy (non-hydrogen) atoms. The molecule has 1 unspecified atom stereocenters. The molecule has 0 radical (unpaired) electrons. The molecule has 3 nitrogen and oxygen atoms in total. The molecule has 0 aliphatic rings. The van der Waals surface area contributed by atoms with Crippen molar-refractivity contribution >= 4 is 5.69 Å². The molecule has 0 aliphatic carbocycles. The minimum absolute atomic E-state index is 0.0390. The van der Waals surface area contributed by atoms with Crippen LogP contribution in [0.2, 0.25) is 0 Å². The van der Waals surface area contributed by atoms with Crippen LogP contribution in [0.4, 0.5) is 14.5 Å². The molecular formula is C16H19F2N3. The van der Waals surface area contributed by atoms with E-state index in [1.165, 1.54) is 18.2 Å². The first-order valence-electron chi connectivity index (χ1n) is 6.69. The zero-order valence-electron chi connectivity index (χ0n) is 12.1. The number of hydrogen-bond acceptors (Lipinski definition) is 3. The molecule has 2 aromatic carbocycles. The highest BCUT2D eigenvalue weighted by atomic mass is 19.1. The van der Waals surface area contributed by atoms with Gasteiger partial charge in [0.05, 0.1) is 6.04 Å². The van der Waals surface area contributed by atoms with E-state index in [1.54, 1.807) is 0 Å². The average Bonchev–Trinajstić information content (AvgIpc) is 2.47. The number of nitrogens with zero attached hydrogens (tertiary/aromatic N) is 1. The summed E-state index contributed by atoms with van der Waals surface area (Å²) >= 11 is 0. The van der Waals surface area contributed by atoms with E-state index in [0.29, 0.717) is 0 Å². The number of nitrogens with two attached hydrogens (primary N) is 1. The van der Waals surface area contributed by atoms with Crippen LogP contribution in [-0.2, 0) is 6.42 Å². The van der Waals surface area contributed by atoms with Crippen LogP contribution in [0.1, 0.15) is 17.2 Å². The van der Waals surface area contributed by atoms with Crippen LogP contribution in [0.3, 0.4) is 0 Å². The zero-order chi connectivity index (χ0) is 15.4. The Morgan fingerprint density at radius 3 is 2.10 bits per heavy atom. The Bertz CT molecular complexity index is 577. The van der Waals surface area contributed by atoms with Gasteiger partial charge in [-0.25, -0.2) is 8.78 Å². The summed E-state index contributed by atoms with van der Waals surface area (Å²) in [5.41, 5.74) is 4.59. The predicted molar refractivity (Wildman–Crippen MR) is 80.9 cm³/mol. The van der Waals surface area contributed by atoms with Crippen molar-refractivity contribution in [3.05, 3.63) is 65.2 Å². The van der Waals surface area contributed by atoms with Gasteiger partial charge in [-0.1, -0.05) is 18.2 Å². The molecule has 0 saturated heterocycles. The van der Waals surface area contributed by atoms with E-state index in [0.717, 1.165) is 11.3 Å². The first kappa shape index (κ1) is 15.4. The molecule has 0 aliphatic heterocycles. The van der Waals surface area contributed by atoms with E-state index < -0.39 is 11.6 Å². The SMILES string of the molecule is CN(C)c1ccc(C(Cc2c(F)cccc2F)NN)cc1. The fourth-order valence-electron chi connectivity index (χ4n) is 2.21. The molecule has 3 N–H and O–H groups in total. The van der Waals surface area contributed by atoms with Gasteiger partial charge in [-0.15, -0.1) is 0 Å². The van der Waals surface area contributed by atoms with Crippen molar-refractivity contribution in [3.8, 4) is 0 Å². The topological polar surface area (TPSA) is 41.3 Å². The number of halogens is 2. The molecule has 0 spiro atoms. The Labute approximate surface area is 123 Å². The molecule has 0 saturated carbocycles. The fourth-order valence-corrected chi connectivity index (χ4v) is 2.21. The van der Waals surface area contributed by atoms with Crippen LogP contribution in [0.5, 0.6) is 0 Å². The van der Waals surface area contributed by atoms with Crippen molar-refractivity contribution in [3.63, 3.8) is 0 Å². The Morgan fingerprint density at radius 1 is 1.05 bits per heavy atom. The van der Waals surface area contributed by atoms with Gasteiger partial charge < -0.3 is 4.90 Å². The van der Waals surface area contributed by atoms with Gasteiger partial charge in [0, 0.05) is 25.3 Å². The number of rotatable bonds is 5. The summed E-state index contributed by atoms with van der Waals surface area (Å²) in [5.74, 6) is 4.43. The predicted octanol–water partition coefficient (Wildman–Crippen LogP) is 2.78. The van der Waals surface area contributed by atoms with Gasteiger partial charge in [0.2, 0.25) is 0 Å². The summed E-state index contributed by atoms with van der Waals surface area (Å²) in [6.07, 6.45) is 0.149. The third kappa shape index (κ3) is 3.56. The largest absolute Gasteiger partial charge is 0.378 e. The van der Waals surface area contributed by atoms with E-state index in [1.807, 2.05) is 43.3 Å². The Hall–Kier alpha value is -1.98. The van der Waals surface area contributed by atoms with Crippen molar-refractivity contribution in [2.75, 3.05) is 19.0 Å². The van der Waals surface area contributed by atoms with Crippen LogP contribution in [0.15, 0.2) is 42.5 Å². The van der Waals surface area contributed by atoms with Gasteiger partial charge in [0.25, 0.3) is 0 Å². The smallest absolute Gasteiger partial charge is 0.129 e. The number of hydrogen-bond donors (Lipinski definition) is 2. The average molecular weight is 291 g/mol. The van der Waals surface area contributed by atoms with Gasteiger partial charge in [0.1, 0.15) is 11.6 Å². The summed E-state index contributed by atoms with van der Waals surface area (Å²) in [6.45, 7) is 0. The Balaban J connectivity index is 2.24. The minimum atomic E-state index is -0.555. The standard InChI is InChI=1S/C16H19F2N3/c1-21(2)12-8-6-11(7-9-12)16(20-19)10-13-14(17)4-3-5-15(13)18/h3-9,16,20H,10,19H2,1-2H3. The van der Waals surface area contributed by atoms with Crippen molar-refractivity contribution in [2.24, 2.45) is 5.84 Å². The number of benzene rings is 2. The summed E-state index contributed by atoms with van der Waals surface area (Å²) in [4.78, 5) is 1.98. The summed E-state index contributed by atoms with van der Waals surface area (Å²) < 4.78 is 27.4. The monoisotopic (exact) mass is 291 g/mol. The lowest BCUT2D eigenvalue weighted by Gasteiger charge is -2.19. The first-order valence-corrected chi connectivity index (χ1v) is 6.69. The molecule has 1 atom stereocenters. The zero-order valence-corrected chi connectivity index (χ0v) is 12.1. The van der Waals surface area contributed by atoms with E-state index in [9.17, 15) is 8.78 Å². The Kier molecular flexibility index (Phi) is 4.88.